The molecular weight excluding hydrogens is 234 g/mol. The molecule has 2 amide bonds. The van der Waals surface area contributed by atoms with Crippen molar-refractivity contribution in [1.82, 2.24) is 15.1 Å². The molecule has 1 atom stereocenters. The van der Waals surface area contributed by atoms with Crippen molar-refractivity contribution >= 4 is 6.03 Å². The third-order valence-corrected chi connectivity index (χ3v) is 3.18. The molecule has 1 fully saturated rings. The van der Waals surface area contributed by atoms with E-state index in [2.05, 4.69) is 10.2 Å². The van der Waals surface area contributed by atoms with Gasteiger partial charge < -0.3 is 20.1 Å². The van der Waals surface area contributed by atoms with Crippen LogP contribution < -0.4 is 5.32 Å². The molecule has 0 unspecified atom stereocenters. The number of nitrogens with one attached hydrogen (secondary N) is 1. The Hall–Kier alpha value is -0.850. The van der Waals surface area contributed by atoms with Crippen molar-refractivity contribution in [2.75, 3.05) is 53.0 Å². The van der Waals surface area contributed by atoms with E-state index in [0.717, 1.165) is 32.6 Å². The van der Waals surface area contributed by atoms with E-state index in [9.17, 15) is 9.90 Å². The number of urea groups is 1. The number of aliphatic hydroxyl groups is 1. The minimum absolute atomic E-state index is 0.0252. The number of rotatable bonds is 6. The van der Waals surface area contributed by atoms with Gasteiger partial charge in [-0.2, -0.15) is 0 Å². The van der Waals surface area contributed by atoms with Crippen molar-refractivity contribution in [2.24, 2.45) is 0 Å². The van der Waals surface area contributed by atoms with Crippen LogP contribution in [-0.4, -0.2) is 80.0 Å². The average molecular weight is 259 g/mol. The van der Waals surface area contributed by atoms with Gasteiger partial charge in [-0.15, -0.1) is 0 Å². The summed E-state index contributed by atoms with van der Waals surface area (Å²) < 4.78 is 4.88. The van der Waals surface area contributed by atoms with Crippen molar-refractivity contribution in [2.45, 2.75) is 19.4 Å². The topological polar surface area (TPSA) is 65.0 Å². The first-order valence-corrected chi connectivity index (χ1v) is 6.59. The Kier molecular flexibility index (Phi) is 7.00. The lowest BCUT2D eigenvalue weighted by molar-refractivity contribution is 0.0787. The highest BCUT2D eigenvalue weighted by molar-refractivity contribution is 5.74. The quantitative estimate of drug-likeness (QED) is 0.645. The minimum atomic E-state index is -0.257. The number of methoxy groups -OCH3 is 1. The number of carbonyl (C=O) groups excluding carboxylic acids is 1. The Labute approximate surface area is 109 Å². The van der Waals surface area contributed by atoms with Gasteiger partial charge in [0, 0.05) is 46.4 Å². The Morgan fingerprint density at radius 3 is 2.61 bits per heavy atom. The van der Waals surface area contributed by atoms with Gasteiger partial charge in [-0.25, -0.2) is 4.79 Å². The van der Waals surface area contributed by atoms with E-state index in [1.54, 1.807) is 7.11 Å². The maximum absolute atomic E-state index is 11.7. The van der Waals surface area contributed by atoms with Crippen LogP contribution in [0.4, 0.5) is 4.79 Å². The summed E-state index contributed by atoms with van der Waals surface area (Å²) in [5.41, 5.74) is 0. The number of aliphatic hydroxyl groups excluding tert-OH is 1. The molecule has 6 heteroatoms. The molecule has 6 nitrogen and oxygen atoms in total. The van der Waals surface area contributed by atoms with Crippen molar-refractivity contribution in [3.63, 3.8) is 0 Å². The zero-order chi connectivity index (χ0) is 13.4. The predicted molar refractivity (Wildman–Crippen MR) is 69.6 cm³/mol. The number of ether oxygens (including phenoxy) is 1. The predicted octanol–water partition coefficient (Wildman–Crippen LogP) is -0.269. The highest BCUT2D eigenvalue weighted by atomic mass is 16.5. The van der Waals surface area contributed by atoms with E-state index in [4.69, 9.17) is 4.74 Å². The highest BCUT2D eigenvalue weighted by Crippen LogP contribution is 2.04. The van der Waals surface area contributed by atoms with Gasteiger partial charge in [0.1, 0.15) is 0 Å². The summed E-state index contributed by atoms with van der Waals surface area (Å²) in [4.78, 5) is 15.8. The van der Waals surface area contributed by atoms with Crippen LogP contribution in [0.15, 0.2) is 0 Å². The van der Waals surface area contributed by atoms with Crippen LogP contribution in [-0.2, 0) is 4.74 Å². The van der Waals surface area contributed by atoms with Crippen LogP contribution in [0, 0.1) is 0 Å². The van der Waals surface area contributed by atoms with Crippen LogP contribution in [0.3, 0.4) is 0 Å². The van der Waals surface area contributed by atoms with Gasteiger partial charge in [-0.05, 0) is 6.42 Å². The first kappa shape index (κ1) is 15.2. The largest absolute Gasteiger partial charge is 0.392 e. The Bertz CT molecular complexity index is 243. The normalized spacial score (nSPS) is 18.7. The first-order chi connectivity index (χ1) is 8.67. The molecule has 1 aliphatic heterocycles. The monoisotopic (exact) mass is 259 g/mol. The summed E-state index contributed by atoms with van der Waals surface area (Å²) in [6.45, 7) is 6.85. The summed E-state index contributed by atoms with van der Waals surface area (Å²) in [7, 11) is 1.62. The molecule has 0 spiro atoms. The molecule has 0 radical (unpaired) electrons. The van der Waals surface area contributed by atoms with Gasteiger partial charge >= 0.3 is 6.03 Å². The van der Waals surface area contributed by atoms with Crippen molar-refractivity contribution in [1.29, 1.82) is 0 Å². The molecule has 18 heavy (non-hydrogen) atoms. The van der Waals surface area contributed by atoms with Gasteiger partial charge in [0.05, 0.1) is 12.7 Å². The smallest absolute Gasteiger partial charge is 0.317 e. The number of β-amino-alcohol motifs (C(OH)–C–C–N with tert-alkyl or cyclic N) is 1. The summed E-state index contributed by atoms with van der Waals surface area (Å²) in [6, 6.07) is -0.0252. The van der Waals surface area contributed by atoms with Crippen molar-refractivity contribution in [3.05, 3.63) is 0 Å². The lowest BCUT2D eigenvalue weighted by Gasteiger charge is -2.35. The number of piperazine rings is 1. The van der Waals surface area contributed by atoms with Crippen molar-refractivity contribution < 1.29 is 14.6 Å². The summed E-state index contributed by atoms with van der Waals surface area (Å²) in [5.74, 6) is 0. The number of nitrogens with zero attached hydrogens (tertiary/aromatic N) is 2. The molecule has 0 aromatic carbocycles. The second-order valence-electron chi connectivity index (χ2n) is 4.57. The Balaban J connectivity index is 2.20. The zero-order valence-corrected chi connectivity index (χ0v) is 11.4. The molecule has 1 saturated heterocycles. The Morgan fingerprint density at radius 2 is 2.06 bits per heavy atom. The second-order valence-corrected chi connectivity index (χ2v) is 4.57. The molecule has 106 valence electrons. The van der Waals surface area contributed by atoms with Gasteiger partial charge in [-0.3, -0.25) is 4.90 Å². The fourth-order valence-electron chi connectivity index (χ4n) is 1.93. The second kappa shape index (κ2) is 8.29. The van der Waals surface area contributed by atoms with Crippen LogP contribution in [0.1, 0.15) is 13.3 Å². The molecule has 2 N–H and O–H groups in total. The van der Waals surface area contributed by atoms with Crippen molar-refractivity contribution in [3.8, 4) is 0 Å². The molecule has 0 aromatic rings. The summed E-state index contributed by atoms with van der Waals surface area (Å²) in [6.07, 6.45) is 0.518. The average Bonchev–Trinajstić information content (AvgIpc) is 2.39. The van der Waals surface area contributed by atoms with Gasteiger partial charge in [0.2, 0.25) is 0 Å². The zero-order valence-electron chi connectivity index (χ0n) is 11.4. The third-order valence-electron chi connectivity index (χ3n) is 3.18. The standard InChI is InChI=1S/C12H25N3O3/c1-3-11(16)10-14-5-7-15(8-6-14)12(17)13-4-9-18-2/h11,16H,3-10H2,1-2H3,(H,13,17)/t11-/m0/s1. The maximum Gasteiger partial charge on any atom is 0.317 e. The lowest BCUT2D eigenvalue weighted by Crippen LogP contribution is -2.53. The molecule has 1 aliphatic rings. The van der Waals surface area contributed by atoms with Crippen LogP contribution in [0.25, 0.3) is 0 Å². The van der Waals surface area contributed by atoms with E-state index < -0.39 is 0 Å². The van der Waals surface area contributed by atoms with E-state index in [1.807, 2.05) is 11.8 Å². The van der Waals surface area contributed by atoms with E-state index in [0.29, 0.717) is 19.7 Å². The molecule has 1 rings (SSSR count). The molecule has 1 heterocycles. The Morgan fingerprint density at radius 1 is 1.39 bits per heavy atom. The summed E-state index contributed by atoms with van der Waals surface area (Å²) >= 11 is 0. The van der Waals surface area contributed by atoms with Crippen LogP contribution >= 0.6 is 0 Å². The van der Waals surface area contributed by atoms with Gasteiger partial charge in [-0.1, -0.05) is 6.92 Å². The van der Waals surface area contributed by atoms with Gasteiger partial charge in [0.25, 0.3) is 0 Å². The first-order valence-electron chi connectivity index (χ1n) is 6.59. The third kappa shape index (κ3) is 5.20. The number of hydrogen-bond acceptors (Lipinski definition) is 4. The number of carbonyl (C=O) groups is 1. The molecule has 0 saturated carbocycles. The highest BCUT2D eigenvalue weighted by Gasteiger charge is 2.21. The summed E-state index contributed by atoms with van der Waals surface area (Å²) in [5, 5.41) is 12.4. The van der Waals surface area contributed by atoms with E-state index in [1.165, 1.54) is 0 Å². The molecule has 0 aliphatic carbocycles. The molecule has 0 aromatic heterocycles. The van der Waals surface area contributed by atoms with Crippen LogP contribution in [0.2, 0.25) is 0 Å². The number of hydrogen-bond donors (Lipinski definition) is 2. The van der Waals surface area contributed by atoms with Crippen LogP contribution in [0.5, 0.6) is 0 Å². The lowest BCUT2D eigenvalue weighted by atomic mass is 10.2. The molecule has 0 bridgehead atoms. The fourth-order valence-corrected chi connectivity index (χ4v) is 1.93. The van der Waals surface area contributed by atoms with Gasteiger partial charge in [0.15, 0.2) is 0 Å². The SMILES string of the molecule is CC[C@H](O)CN1CCN(C(=O)NCCOC)CC1. The minimum Gasteiger partial charge on any atom is -0.392 e. The van der Waals surface area contributed by atoms with E-state index in [-0.39, 0.29) is 12.1 Å². The molecular formula is C12H25N3O3. The van der Waals surface area contributed by atoms with E-state index >= 15 is 0 Å². The number of amides is 2. The fraction of sp³-hybridized carbons (Fsp3) is 0.917. The maximum atomic E-state index is 11.7.